The molecule has 1 atom stereocenters. The van der Waals surface area contributed by atoms with Crippen LogP contribution in [0, 0.1) is 5.82 Å². The number of amides is 1. The molecule has 3 rings (SSSR count). The van der Waals surface area contributed by atoms with Gasteiger partial charge >= 0.3 is 0 Å². The second kappa shape index (κ2) is 5.80. The Morgan fingerprint density at radius 3 is 2.77 bits per heavy atom. The molecule has 0 bridgehead atoms. The van der Waals surface area contributed by atoms with E-state index in [-0.39, 0.29) is 11.7 Å². The molecule has 0 saturated heterocycles. The SMILES string of the molecule is C[C@H](C(=O)Nc1ccc(F)cc1-n1cccc1)n1cncn1. The number of aromatic nitrogens is 4. The van der Waals surface area contributed by atoms with E-state index in [9.17, 15) is 9.18 Å². The van der Waals surface area contributed by atoms with Gasteiger partial charge in [-0.3, -0.25) is 4.79 Å². The number of carbonyl (C=O) groups excluding carboxylic acids is 1. The summed E-state index contributed by atoms with van der Waals surface area (Å²) in [6.07, 6.45) is 6.41. The van der Waals surface area contributed by atoms with Crippen LogP contribution >= 0.6 is 0 Å². The Bertz CT molecular complexity index is 767. The molecule has 7 heteroatoms. The Morgan fingerprint density at radius 1 is 1.32 bits per heavy atom. The Labute approximate surface area is 126 Å². The largest absolute Gasteiger partial charge is 0.322 e. The van der Waals surface area contributed by atoms with Crippen LogP contribution in [-0.4, -0.2) is 25.2 Å². The van der Waals surface area contributed by atoms with Crippen molar-refractivity contribution in [2.45, 2.75) is 13.0 Å². The topological polar surface area (TPSA) is 64.7 Å². The highest BCUT2D eigenvalue weighted by Gasteiger charge is 2.17. The van der Waals surface area contributed by atoms with Gasteiger partial charge in [0.15, 0.2) is 0 Å². The second-order valence-corrected chi connectivity index (χ2v) is 4.79. The van der Waals surface area contributed by atoms with E-state index in [1.807, 2.05) is 12.1 Å². The van der Waals surface area contributed by atoms with Crippen molar-refractivity contribution in [3.63, 3.8) is 0 Å². The van der Waals surface area contributed by atoms with E-state index in [0.29, 0.717) is 11.4 Å². The predicted octanol–water partition coefficient (Wildman–Crippen LogP) is 2.41. The highest BCUT2D eigenvalue weighted by molar-refractivity contribution is 5.95. The zero-order valence-electron chi connectivity index (χ0n) is 11.8. The first kappa shape index (κ1) is 14.0. The zero-order chi connectivity index (χ0) is 15.5. The molecule has 0 unspecified atom stereocenters. The van der Waals surface area contributed by atoms with Crippen LogP contribution in [0.15, 0.2) is 55.4 Å². The fourth-order valence-corrected chi connectivity index (χ4v) is 2.09. The summed E-state index contributed by atoms with van der Waals surface area (Å²) in [6.45, 7) is 1.71. The molecule has 2 heterocycles. The third-order valence-corrected chi connectivity index (χ3v) is 3.31. The summed E-state index contributed by atoms with van der Waals surface area (Å²) >= 11 is 0. The molecule has 22 heavy (non-hydrogen) atoms. The van der Waals surface area contributed by atoms with Gasteiger partial charge in [-0.2, -0.15) is 5.10 Å². The molecule has 0 fully saturated rings. The standard InChI is InChI=1S/C15H14FN5O/c1-11(21-10-17-9-18-21)15(22)19-13-5-4-12(16)8-14(13)20-6-2-3-7-20/h2-11H,1H3,(H,19,22)/t11-/m1/s1. The van der Waals surface area contributed by atoms with Crippen LogP contribution < -0.4 is 5.32 Å². The molecule has 6 nitrogen and oxygen atoms in total. The lowest BCUT2D eigenvalue weighted by Crippen LogP contribution is -2.24. The van der Waals surface area contributed by atoms with Gasteiger partial charge in [-0.15, -0.1) is 0 Å². The number of benzene rings is 1. The molecule has 1 N–H and O–H groups in total. The lowest BCUT2D eigenvalue weighted by Gasteiger charge is -2.15. The quantitative estimate of drug-likeness (QED) is 0.804. The van der Waals surface area contributed by atoms with Crippen molar-refractivity contribution < 1.29 is 9.18 Å². The molecule has 0 spiro atoms. The number of hydrogen-bond acceptors (Lipinski definition) is 3. The van der Waals surface area contributed by atoms with Crippen LogP contribution in [0.3, 0.4) is 0 Å². The molecule has 0 saturated carbocycles. The highest BCUT2D eigenvalue weighted by Crippen LogP contribution is 2.22. The number of hydrogen-bond donors (Lipinski definition) is 1. The summed E-state index contributed by atoms with van der Waals surface area (Å²) < 4.78 is 16.7. The van der Waals surface area contributed by atoms with E-state index in [0.717, 1.165) is 0 Å². The summed E-state index contributed by atoms with van der Waals surface area (Å²) in [7, 11) is 0. The molecule has 0 aliphatic carbocycles. The first-order chi connectivity index (χ1) is 10.6. The maximum Gasteiger partial charge on any atom is 0.249 e. The molecule has 0 aliphatic rings. The van der Waals surface area contributed by atoms with Crippen molar-refractivity contribution in [1.82, 2.24) is 19.3 Å². The highest BCUT2D eigenvalue weighted by atomic mass is 19.1. The van der Waals surface area contributed by atoms with Crippen molar-refractivity contribution in [3.8, 4) is 5.69 Å². The average molecular weight is 299 g/mol. The van der Waals surface area contributed by atoms with Gasteiger partial charge in [-0.25, -0.2) is 14.1 Å². The van der Waals surface area contributed by atoms with E-state index in [1.54, 1.807) is 23.9 Å². The van der Waals surface area contributed by atoms with Gasteiger partial charge < -0.3 is 9.88 Å². The van der Waals surface area contributed by atoms with Crippen LogP contribution in [0.5, 0.6) is 0 Å². The van der Waals surface area contributed by atoms with Crippen LogP contribution in [0.2, 0.25) is 0 Å². The van der Waals surface area contributed by atoms with Gasteiger partial charge in [0.25, 0.3) is 0 Å². The first-order valence-corrected chi connectivity index (χ1v) is 6.73. The maximum atomic E-state index is 13.5. The van der Waals surface area contributed by atoms with Crippen molar-refractivity contribution in [2.24, 2.45) is 0 Å². The fourth-order valence-electron chi connectivity index (χ4n) is 2.09. The monoisotopic (exact) mass is 299 g/mol. The van der Waals surface area contributed by atoms with Crippen molar-refractivity contribution in [3.05, 3.63) is 61.2 Å². The molecule has 112 valence electrons. The van der Waals surface area contributed by atoms with Crippen LogP contribution in [0.1, 0.15) is 13.0 Å². The Kier molecular flexibility index (Phi) is 3.69. The fraction of sp³-hybridized carbons (Fsp3) is 0.133. The molecule has 1 aromatic carbocycles. The number of anilines is 1. The van der Waals surface area contributed by atoms with Crippen LogP contribution in [0.25, 0.3) is 5.69 Å². The van der Waals surface area contributed by atoms with Gasteiger partial charge in [0.05, 0.1) is 11.4 Å². The van der Waals surface area contributed by atoms with Crippen molar-refractivity contribution >= 4 is 11.6 Å². The van der Waals surface area contributed by atoms with Crippen LogP contribution in [0.4, 0.5) is 10.1 Å². The molecule has 0 radical (unpaired) electrons. The third-order valence-electron chi connectivity index (χ3n) is 3.31. The third kappa shape index (κ3) is 2.73. The van der Waals surface area contributed by atoms with E-state index < -0.39 is 6.04 Å². The Hall–Kier alpha value is -2.96. The van der Waals surface area contributed by atoms with E-state index in [1.165, 1.54) is 35.5 Å². The van der Waals surface area contributed by atoms with Gasteiger partial charge in [0.2, 0.25) is 5.91 Å². The lowest BCUT2D eigenvalue weighted by atomic mass is 10.2. The smallest absolute Gasteiger partial charge is 0.249 e. The Balaban J connectivity index is 1.88. The van der Waals surface area contributed by atoms with E-state index in [2.05, 4.69) is 15.4 Å². The van der Waals surface area contributed by atoms with Crippen LogP contribution in [-0.2, 0) is 4.79 Å². The minimum atomic E-state index is -0.523. The van der Waals surface area contributed by atoms with Gasteiger partial charge in [0, 0.05) is 12.4 Å². The zero-order valence-corrected chi connectivity index (χ0v) is 11.8. The summed E-state index contributed by atoms with van der Waals surface area (Å²) in [4.78, 5) is 16.1. The average Bonchev–Trinajstić information content (AvgIpc) is 3.21. The normalized spacial score (nSPS) is 12.1. The van der Waals surface area contributed by atoms with Crippen molar-refractivity contribution in [1.29, 1.82) is 0 Å². The summed E-state index contributed by atoms with van der Waals surface area (Å²) in [6, 6.07) is 7.35. The predicted molar refractivity (Wildman–Crippen MR) is 79.1 cm³/mol. The first-order valence-electron chi connectivity index (χ1n) is 6.73. The number of rotatable bonds is 4. The molecule has 0 aliphatic heterocycles. The number of halogens is 1. The van der Waals surface area contributed by atoms with E-state index in [4.69, 9.17) is 0 Å². The molecular weight excluding hydrogens is 285 g/mol. The summed E-state index contributed by atoms with van der Waals surface area (Å²) in [5, 5.41) is 6.74. The second-order valence-electron chi connectivity index (χ2n) is 4.79. The molecule has 1 amide bonds. The summed E-state index contributed by atoms with van der Waals surface area (Å²) in [5.41, 5.74) is 1.08. The lowest BCUT2D eigenvalue weighted by molar-refractivity contribution is -0.119. The summed E-state index contributed by atoms with van der Waals surface area (Å²) in [5.74, 6) is -0.628. The molecule has 3 aromatic rings. The van der Waals surface area contributed by atoms with Gasteiger partial charge in [-0.05, 0) is 37.3 Å². The van der Waals surface area contributed by atoms with Gasteiger partial charge in [-0.1, -0.05) is 0 Å². The van der Waals surface area contributed by atoms with E-state index >= 15 is 0 Å². The number of nitrogens with one attached hydrogen (secondary N) is 1. The number of nitrogens with zero attached hydrogens (tertiary/aromatic N) is 4. The Morgan fingerprint density at radius 2 is 2.09 bits per heavy atom. The molecule has 2 aromatic heterocycles. The number of carbonyl (C=O) groups is 1. The molecular formula is C15H14FN5O. The minimum absolute atomic E-state index is 0.259. The maximum absolute atomic E-state index is 13.5. The minimum Gasteiger partial charge on any atom is -0.322 e. The van der Waals surface area contributed by atoms with Crippen molar-refractivity contribution in [2.75, 3.05) is 5.32 Å². The van der Waals surface area contributed by atoms with Gasteiger partial charge in [0.1, 0.15) is 24.5 Å².